The van der Waals surface area contributed by atoms with Crippen LogP contribution in [0.25, 0.3) is 0 Å². The van der Waals surface area contributed by atoms with E-state index in [1.54, 1.807) is 13.8 Å². The van der Waals surface area contributed by atoms with Gasteiger partial charge in [0.25, 0.3) is 0 Å². The number of rotatable bonds is 5. The third kappa shape index (κ3) is 2.79. The van der Waals surface area contributed by atoms with E-state index in [2.05, 4.69) is 5.32 Å². The Labute approximate surface area is 168 Å². The third-order valence-electron chi connectivity index (χ3n) is 6.57. The van der Waals surface area contributed by atoms with E-state index in [9.17, 15) is 19.5 Å². The molecule has 6 nitrogen and oxygen atoms in total. The Morgan fingerprint density at radius 1 is 1.29 bits per heavy atom. The van der Waals surface area contributed by atoms with E-state index in [4.69, 9.17) is 4.74 Å². The van der Waals surface area contributed by atoms with Gasteiger partial charge in [0.05, 0.1) is 18.1 Å². The minimum absolute atomic E-state index is 0.117. The third-order valence-corrected chi connectivity index (χ3v) is 7.78. The molecule has 0 aromatic carbocycles. The topological polar surface area (TPSA) is 95.5 Å². The predicted octanol–water partition coefficient (Wildman–Crippen LogP) is 2.32. The number of amides is 1. The monoisotopic (exact) mass is 402 g/mol. The van der Waals surface area contributed by atoms with Gasteiger partial charge >= 0.3 is 5.97 Å². The van der Waals surface area contributed by atoms with Gasteiger partial charge in [-0.15, -0.1) is 11.3 Å². The number of carboxylic acids is 1. The van der Waals surface area contributed by atoms with Gasteiger partial charge in [-0.1, -0.05) is 19.1 Å². The summed E-state index contributed by atoms with van der Waals surface area (Å²) < 4.78 is 5.23. The molecule has 1 fully saturated rings. The van der Waals surface area contributed by atoms with E-state index in [-0.39, 0.29) is 24.3 Å². The molecule has 1 heterocycles. The summed E-state index contributed by atoms with van der Waals surface area (Å²) in [5, 5.41) is 15.3. The van der Waals surface area contributed by atoms with E-state index in [1.807, 2.05) is 12.2 Å². The van der Waals surface area contributed by atoms with Gasteiger partial charge < -0.3 is 20.0 Å². The van der Waals surface area contributed by atoms with Gasteiger partial charge in [-0.25, -0.2) is 4.79 Å². The maximum atomic E-state index is 13.2. The van der Waals surface area contributed by atoms with Crippen LogP contribution in [0.2, 0.25) is 0 Å². The Morgan fingerprint density at radius 2 is 2.04 bits per heavy atom. The van der Waals surface area contributed by atoms with Crippen LogP contribution >= 0.6 is 11.3 Å². The molecule has 1 saturated carbocycles. The fraction of sp³-hybridized carbons (Fsp3) is 0.571. The number of nitrogens with one attached hydrogen (secondary N) is 1. The molecular formula is C21H24NO5S-. The lowest BCUT2D eigenvalue weighted by Gasteiger charge is -2.38. The molecule has 1 N–H and O–H groups in total. The van der Waals surface area contributed by atoms with Crippen molar-refractivity contribution < 1.29 is 24.2 Å². The Morgan fingerprint density at radius 3 is 2.75 bits per heavy atom. The maximum absolute atomic E-state index is 13.2. The molecule has 150 valence electrons. The summed E-state index contributed by atoms with van der Waals surface area (Å²) >= 11 is 1.42. The van der Waals surface area contributed by atoms with Crippen LogP contribution in [-0.4, -0.2) is 24.5 Å². The average molecular weight is 402 g/mol. The van der Waals surface area contributed by atoms with Gasteiger partial charge in [-0.3, -0.25) is 4.79 Å². The molecule has 0 radical (unpaired) electrons. The van der Waals surface area contributed by atoms with Gasteiger partial charge in [0.1, 0.15) is 5.00 Å². The molecule has 28 heavy (non-hydrogen) atoms. The zero-order valence-corrected chi connectivity index (χ0v) is 16.9. The van der Waals surface area contributed by atoms with Crippen LogP contribution in [0.4, 0.5) is 5.00 Å². The van der Waals surface area contributed by atoms with Crippen LogP contribution in [0.15, 0.2) is 12.2 Å². The van der Waals surface area contributed by atoms with E-state index in [1.165, 1.54) is 11.3 Å². The fourth-order valence-electron chi connectivity index (χ4n) is 5.10. The number of aliphatic carboxylic acids is 1. The average Bonchev–Trinajstić information content (AvgIpc) is 3.33. The van der Waals surface area contributed by atoms with Crippen molar-refractivity contribution in [3.8, 4) is 0 Å². The molecule has 2 bridgehead atoms. The van der Waals surface area contributed by atoms with Gasteiger partial charge in [0.15, 0.2) is 0 Å². The first-order chi connectivity index (χ1) is 13.4. The van der Waals surface area contributed by atoms with Crippen molar-refractivity contribution in [2.24, 2.45) is 23.2 Å². The Hall–Kier alpha value is -2.15. The number of carboxylic acid groups (broad SMARTS) is 1. The summed E-state index contributed by atoms with van der Waals surface area (Å²) in [6.45, 7) is 3.62. The van der Waals surface area contributed by atoms with E-state index < -0.39 is 23.3 Å². The summed E-state index contributed by atoms with van der Waals surface area (Å²) in [4.78, 5) is 38.8. The van der Waals surface area contributed by atoms with Crippen molar-refractivity contribution in [2.75, 3.05) is 11.9 Å². The predicted molar refractivity (Wildman–Crippen MR) is 103 cm³/mol. The van der Waals surface area contributed by atoms with Crippen LogP contribution in [0.1, 0.15) is 53.9 Å². The number of aryl methyl sites for hydroxylation is 1. The fourth-order valence-corrected chi connectivity index (χ4v) is 6.38. The van der Waals surface area contributed by atoms with Crippen LogP contribution < -0.4 is 10.4 Å². The second kappa shape index (κ2) is 7.03. The summed E-state index contributed by atoms with van der Waals surface area (Å²) in [6, 6.07) is 0. The molecule has 4 rings (SSSR count). The van der Waals surface area contributed by atoms with Crippen molar-refractivity contribution in [1.29, 1.82) is 0 Å². The molecule has 1 aromatic rings. The number of fused-ring (bicyclic) bond motifs is 3. The lowest BCUT2D eigenvalue weighted by Crippen LogP contribution is -2.51. The lowest BCUT2D eigenvalue weighted by molar-refractivity contribution is -0.321. The van der Waals surface area contributed by atoms with E-state index in [0.717, 1.165) is 36.1 Å². The number of allylic oxidation sites excluding steroid dienone is 2. The number of esters is 1. The molecule has 3 aliphatic rings. The first kappa shape index (κ1) is 19.2. The summed E-state index contributed by atoms with van der Waals surface area (Å²) in [5.74, 6) is -2.99. The molecule has 0 unspecified atom stereocenters. The smallest absolute Gasteiger partial charge is 0.341 e. The molecule has 0 spiro atoms. The molecule has 0 aliphatic heterocycles. The molecule has 7 heteroatoms. The number of carbonyl (C=O) groups excluding carboxylic acids is 3. The molecule has 0 saturated heterocycles. The highest BCUT2D eigenvalue weighted by Crippen LogP contribution is 2.56. The van der Waals surface area contributed by atoms with Crippen LogP contribution in [-0.2, 0) is 27.2 Å². The van der Waals surface area contributed by atoms with Crippen molar-refractivity contribution >= 4 is 34.2 Å². The minimum atomic E-state index is -1.23. The van der Waals surface area contributed by atoms with Crippen LogP contribution in [0.3, 0.4) is 0 Å². The number of hydrogen-bond acceptors (Lipinski definition) is 6. The number of carbonyl (C=O) groups is 3. The lowest BCUT2D eigenvalue weighted by atomic mass is 9.69. The first-order valence-electron chi connectivity index (χ1n) is 9.90. The molecule has 1 amide bonds. The normalized spacial score (nSPS) is 30.1. The van der Waals surface area contributed by atoms with Gasteiger partial charge in [-0.05, 0) is 56.4 Å². The van der Waals surface area contributed by atoms with Gasteiger partial charge in [0.2, 0.25) is 5.91 Å². The SMILES string of the molecule is CCOC(=O)c1c(NC(=O)[C@H]2[C@@H]3C=C[C@@H](C3)[C@@]2(C)C(=O)[O-])sc2c1CCCC2. The molecular weight excluding hydrogens is 378 g/mol. The molecule has 3 aliphatic carbocycles. The van der Waals surface area contributed by atoms with Crippen LogP contribution in [0.5, 0.6) is 0 Å². The number of ether oxygens (including phenoxy) is 1. The van der Waals surface area contributed by atoms with Crippen molar-refractivity contribution in [3.05, 3.63) is 28.2 Å². The molecule has 4 atom stereocenters. The van der Waals surface area contributed by atoms with E-state index in [0.29, 0.717) is 17.0 Å². The highest BCUT2D eigenvalue weighted by Gasteiger charge is 2.57. The summed E-state index contributed by atoms with van der Waals surface area (Å²) in [5.41, 5.74) is 0.189. The highest BCUT2D eigenvalue weighted by molar-refractivity contribution is 7.17. The maximum Gasteiger partial charge on any atom is 0.341 e. The van der Waals surface area contributed by atoms with Crippen molar-refractivity contribution in [3.63, 3.8) is 0 Å². The van der Waals surface area contributed by atoms with E-state index >= 15 is 0 Å². The number of thiophene rings is 1. The van der Waals surface area contributed by atoms with Crippen molar-refractivity contribution in [1.82, 2.24) is 0 Å². The second-order valence-electron chi connectivity index (χ2n) is 8.06. The Balaban J connectivity index is 1.67. The summed E-state index contributed by atoms with van der Waals surface area (Å²) in [7, 11) is 0. The second-order valence-corrected chi connectivity index (χ2v) is 9.17. The number of hydrogen-bond donors (Lipinski definition) is 1. The minimum Gasteiger partial charge on any atom is -0.550 e. The standard InChI is InChI=1S/C21H25NO5S/c1-3-27-19(24)15-13-6-4-5-7-14(13)28-18(15)22-17(23)16-11-8-9-12(10-11)21(16,2)20(25)26/h8-9,11-12,16H,3-7,10H2,1-2H3,(H,22,23)(H,25,26)/p-1/t11-,12+,16-,21-/m1/s1. The highest BCUT2D eigenvalue weighted by atomic mass is 32.1. The van der Waals surface area contributed by atoms with Gasteiger partial charge in [-0.2, -0.15) is 0 Å². The molecule has 1 aromatic heterocycles. The zero-order chi connectivity index (χ0) is 20.1. The Bertz CT molecular complexity index is 872. The Kier molecular flexibility index (Phi) is 4.81. The quantitative estimate of drug-likeness (QED) is 0.602. The first-order valence-corrected chi connectivity index (χ1v) is 10.7. The largest absolute Gasteiger partial charge is 0.550 e. The summed E-state index contributed by atoms with van der Waals surface area (Å²) in [6.07, 6.45) is 8.21. The van der Waals surface area contributed by atoms with Gasteiger partial charge in [0, 0.05) is 16.3 Å². The van der Waals surface area contributed by atoms with Crippen molar-refractivity contribution in [2.45, 2.75) is 46.0 Å². The van der Waals surface area contributed by atoms with Crippen LogP contribution in [0, 0.1) is 23.2 Å². The number of anilines is 1. The zero-order valence-electron chi connectivity index (χ0n) is 16.1.